The van der Waals surface area contributed by atoms with Crippen molar-refractivity contribution < 1.29 is 24.6 Å². The van der Waals surface area contributed by atoms with Crippen LogP contribution in [-0.4, -0.2) is 45.0 Å². The maximum atomic E-state index is 11.5. The van der Waals surface area contributed by atoms with Gasteiger partial charge in [-0.15, -0.1) is 0 Å². The van der Waals surface area contributed by atoms with Gasteiger partial charge in [0.2, 0.25) is 0 Å². The van der Waals surface area contributed by atoms with Gasteiger partial charge in [0.25, 0.3) is 0 Å². The summed E-state index contributed by atoms with van der Waals surface area (Å²) in [5, 5.41) is 17.7. The van der Waals surface area contributed by atoms with E-state index in [0.717, 1.165) is 4.90 Å². The lowest BCUT2D eigenvalue weighted by Crippen LogP contribution is -2.53. The van der Waals surface area contributed by atoms with Crippen molar-refractivity contribution in [2.45, 2.75) is 24.8 Å². The molecule has 1 atom stereocenters. The van der Waals surface area contributed by atoms with E-state index in [4.69, 9.17) is 10.2 Å². The maximum absolute atomic E-state index is 11.5. The summed E-state index contributed by atoms with van der Waals surface area (Å²) in [6, 6.07) is 0. The Bertz CT molecular complexity index is 346. The minimum absolute atomic E-state index is 0.0519. The van der Waals surface area contributed by atoms with Gasteiger partial charge in [-0.1, -0.05) is 0 Å². The van der Waals surface area contributed by atoms with Gasteiger partial charge in [0.1, 0.15) is 5.92 Å². The highest BCUT2D eigenvalue weighted by atomic mass is 16.4. The van der Waals surface area contributed by atoms with Crippen LogP contribution in [0.25, 0.3) is 0 Å². The Hall–Kier alpha value is -1.59. The van der Waals surface area contributed by atoms with Gasteiger partial charge in [0.05, 0.1) is 5.54 Å². The maximum Gasteiger partial charge on any atom is 0.407 e. The summed E-state index contributed by atoms with van der Waals surface area (Å²) in [4.78, 5) is 34.2. The van der Waals surface area contributed by atoms with Gasteiger partial charge in [-0.25, -0.2) is 4.79 Å². The number of ketones is 1. The minimum atomic E-state index is -1.23. The van der Waals surface area contributed by atoms with E-state index >= 15 is 0 Å². The molecular formula is C9H11NO5. The van der Waals surface area contributed by atoms with Crippen LogP contribution in [0.2, 0.25) is 0 Å². The number of rotatable bonds is 1. The molecule has 1 amide bonds. The number of nitrogens with zero attached hydrogens (tertiary/aromatic N) is 1. The topological polar surface area (TPSA) is 94.9 Å². The van der Waals surface area contributed by atoms with E-state index in [2.05, 4.69) is 0 Å². The zero-order valence-corrected chi connectivity index (χ0v) is 7.97. The first-order chi connectivity index (χ1) is 6.96. The molecule has 0 aromatic carbocycles. The summed E-state index contributed by atoms with van der Waals surface area (Å²) in [5.41, 5.74) is -0.575. The van der Waals surface area contributed by atoms with Crippen LogP contribution >= 0.6 is 0 Å². The second-order valence-corrected chi connectivity index (χ2v) is 4.15. The lowest BCUT2D eigenvalue weighted by Gasteiger charge is -2.35. The molecule has 1 saturated heterocycles. The molecule has 1 heterocycles. The van der Waals surface area contributed by atoms with E-state index in [1.165, 1.54) is 0 Å². The molecule has 2 N–H and O–H groups in total. The van der Waals surface area contributed by atoms with Crippen LogP contribution in [-0.2, 0) is 9.59 Å². The fourth-order valence-electron chi connectivity index (χ4n) is 2.11. The van der Waals surface area contributed by atoms with Crippen molar-refractivity contribution in [2.24, 2.45) is 5.92 Å². The molecule has 2 aliphatic rings. The van der Waals surface area contributed by atoms with Gasteiger partial charge in [0.15, 0.2) is 5.78 Å². The second kappa shape index (κ2) is 2.95. The molecule has 2 fully saturated rings. The number of likely N-dealkylation sites (tertiary alicyclic amines) is 1. The number of carboxylic acids is 1. The molecule has 82 valence electrons. The van der Waals surface area contributed by atoms with E-state index in [1.807, 2.05) is 0 Å². The standard InChI is InChI=1S/C9H11NO5/c11-6-3-9(1-2-9)10(8(14)15)4-5(6)7(12)13/h5H,1-4H2,(H,12,13)(H,14,15). The SMILES string of the molecule is O=C(O)C1CN(C(=O)O)C2(CC2)CC1=O. The highest BCUT2D eigenvalue weighted by Crippen LogP contribution is 2.48. The van der Waals surface area contributed by atoms with Crippen molar-refractivity contribution in [3.8, 4) is 0 Å². The van der Waals surface area contributed by atoms with Crippen molar-refractivity contribution in [1.82, 2.24) is 4.90 Å². The summed E-state index contributed by atoms with van der Waals surface area (Å²) < 4.78 is 0. The number of aliphatic carboxylic acids is 1. The van der Waals surface area contributed by atoms with Gasteiger partial charge in [-0.2, -0.15) is 0 Å². The molecule has 1 spiro atoms. The summed E-state index contributed by atoms with van der Waals surface area (Å²) >= 11 is 0. The van der Waals surface area contributed by atoms with E-state index < -0.39 is 23.5 Å². The Kier molecular flexibility index (Phi) is 1.95. The number of carbonyl (C=O) groups excluding carboxylic acids is 1. The summed E-state index contributed by atoms with van der Waals surface area (Å²) in [6.45, 7) is -0.205. The summed E-state index contributed by atoms with van der Waals surface area (Å²) in [7, 11) is 0. The van der Waals surface area contributed by atoms with E-state index in [-0.39, 0.29) is 18.7 Å². The minimum Gasteiger partial charge on any atom is -0.481 e. The molecule has 6 heteroatoms. The van der Waals surface area contributed by atoms with E-state index in [1.54, 1.807) is 0 Å². The van der Waals surface area contributed by atoms with Gasteiger partial charge >= 0.3 is 12.1 Å². The van der Waals surface area contributed by atoms with Gasteiger partial charge in [-0.3, -0.25) is 9.59 Å². The molecular weight excluding hydrogens is 202 g/mol. The largest absolute Gasteiger partial charge is 0.481 e. The number of hydrogen-bond acceptors (Lipinski definition) is 3. The number of carbonyl (C=O) groups is 3. The van der Waals surface area contributed by atoms with Crippen LogP contribution < -0.4 is 0 Å². The highest BCUT2D eigenvalue weighted by molar-refractivity contribution is 6.00. The predicted octanol–water partition coefficient (Wildman–Crippen LogP) is 0.173. The third-order valence-corrected chi connectivity index (χ3v) is 3.19. The monoisotopic (exact) mass is 213 g/mol. The number of Topliss-reactive ketones (excluding diaryl/α,β-unsaturated/α-hetero) is 1. The zero-order valence-electron chi connectivity index (χ0n) is 7.97. The Morgan fingerprint density at radius 1 is 1.33 bits per heavy atom. The Morgan fingerprint density at radius 3 is 2.33 bits per heavy atom. The van der Waals surface area contributed by atoms with Gasteiger partial charge in [0, 0.05) is 13.0 Å². The second-order valence-electron chi connectivity index (χ2n) is 4.15. The first-order valence-corrected chi connectivity index (χ1v) is 4.72. The lowest BCUT2D eigenvalue weighted by molar-refractivity contribution is -0.149. The molecule has 0 aromatic rings. The Balaban J connectivity index is 2.21. The van der Waals surface area contributed by atoms with Crippen LogP contribution in [0.1, 0.15) is 19.3 Å². The smallest absolute Gasteiger partial charge is 0.407 e. The molecule has 1 saturated carbocycles. The van der Waals surface area contributed by atoms with E-state index in [0.29, 0.717) is 12.8 Å². The number of hydrogen-bond donors (Lipinski definition) is 2. The van der Waals surface area contributed by atoms with Crippen molar-refractivity contribution >= 4 is 17.8 Å². The normalized spacial score (nSPS) is 27.9. The van der Waals surface area contributed by atoms with Crippen molar-refractivity contribution in [3.63, 3.8) is 0 Å². The van der Waals surface area contributed by atoms with Gasteiger partial charge < -0.3 is 15.1 Å². The molecule has 2 rings (SSSR count). The molecule has 15 heavy (non-hydrogen) atoms. The quantitative estimate of drug-likeness (QED) is 0.605. The Morgan fingerprint density at radius 2 is 1.93 bits per heavy atom. The molecule has 6 nitrogen and oxygen atoms in total. The van der Waals surface area contributed by atoms with Crippen molar-refractivity contribution in [2.75, 3.05) is 6.54 Å². The Labute approximate surface area is 85.5 Å². The molecule has 1 aliphatic carbocycles. The third kappa shape index (κ3) is 1.45. The number of carboxylic acid groups (broad SMARTS) is 2. The average molecular weight is 213 g/mol. The van der Waals surface area contributed by atoms with Crippen LogP contribution in [0.3, 0.4) is 0 Å². The number of amides is 1. The fourth-order valence-corrected chi connectivity index (χ4v) is 2.11. The third-order valence-electron chi connectivity index (χ3n) is 3.19. The lowest BCUT2D eigenvalue weighted by atomic mass is 9.90. The van der Waals surface area contributed by atoms with Crippen molar-refractivity contribution in [1.29, 1.82) is 0 Å². The first-order valence-electron chi connectivity index (χ1n) is 4.72. The molecule has 1 aliphatic heterocycles. The molecule has 0 bridgehead atoms. The predicted molar refractivity (Wildman–Crippen MR) is 47.4 cm³/mol. The number of piperidine rings is 1. The first kappa shape index (κ1) is 9.95. The fraction of sp³-hybridized carbons (Fsp3) is 0.667. The van der Waals surface area contributed by atoms with Crippen LogP contribution in [0.5, 0.6) is 0 Å². The van der Waals surface area contributed by atoms with Gasteiger partial charge in [-0.05, 0) is 12.8 Å². The molecule has 0 radical (unpaired) electrons. The van der Waals surface area contributed by atoms with Crippen molar-refractivity contribution in [3.05, 3.63) is 0 Å². The molecule has 0 aromatic heterocycles. The summed E-state index contributed by atoms with van der Waals surface area (Å²) in [6.07, 6.45) is 0.247. The molecule has 1 unspecified atom stereocenters. The average Bonchev–Trinajstić information content (AvgIpc) is 2.83. The van der Waals surface area contributed by atoms with Crippen LogP contribution in [0.4, 0.5) is 4.79 Å². The van der Waals surface area contributed by atoms with E-state index in [9.17, 15) is 14.4 Å². The summed E-state index contributed by atoms with van der Waals surface area (Å²) in [5.74, 6) is -2.77. The highest BCUT2D eigenvalue weighted by Gasteiger charge is 2.57. The zero-order chi connectivity index (χ0) is 11.2. The van der Waals surface area contributed by atoms with Crippen LogP contribution in [0.15, 0.2) is 0 Å². The van der Waals surface area contributed by atoms with Crippen LogP contribution in [0, 0.1) is 5.92 Å².